The molecule has 8 unspecified atom stereocenters. The number of hydrogen-bond acceptors (Lipinski definition) is 9. The number of nitrogens with two attached hydrogens (primary N) is 1. The van der Waals surface area contributed by atoms with Gasteiger partial charge in [0.1, 0.15) is 18.0 Å². The first-order valence-electron chi connectivity index (χ1n) is 10.9. The van der Waals surface area contributed by atoms with Gasteiger partial charge >= 0.3 is 0 Å². The number of fused-ring (bicyclic) bond motifs is 2. The molecule has 0 aromatic heterocycles. The number of thioether (sulfide) groups is 1. The van der Waals surface area contributed by atoms with E-state index in [1.54, 1.807) is 11.8 Å². The Hall–Kier alpha value is 0.320. The molecule has 29 heavy (non-hydrogen) atoms. The van der Waals surface area contributed by atoms with Gasteiger partial charge in [0, 0.05) is 42.2 Å². The second-order valence-electron chi connectivity index (χ2n) is 9.25. The van der Waals surface area contributed by atoms with E-state index in [9.17, 15) is 15.3 Å². The van der Waals surface area contributed by atoms with Crippen LogP contribution in [0, 0.1) is 11.3 Å². The molecule has 3 saturated heterocycles. The van der Waals surface area contributed by atoms with E-state index in [1.807, 2.05) is 6.92 Å². The SMILES string of the molecule is CC[C@H](O)N1CCC2(CN(C(O)NC3NC(C(N)O)CS3)C3CCC(Cl)CC32)C1. The summed E-state index contributed by atoms with van der Waals surface area (Å²) < 4.78 is 0. The first kappa shape index (κ1) is 22.5. The number of aliphatic hydroxyl groups is 3. The molecule has 168 valence electrons. The van der Waals surface area contributed by atoms with Gasteiger partial charge in [-0.15, -0.1) is 23.4 Å². The van der Waals surface area contributed by atoms with Crippen LogP contribution >= 0.6 is 23.4 Å². The molecular formula is C19H36ClN5O3S. The van der Waals surface area contributed by atoms with Crippen LogP contribution in [0.5, 0.6) is 0 Å². The molecule has 1 spiro atoms. The van der Waals surface area contributed by atoms with Gasteiger partial charge < -0.3 is 21.1 Å². The number of rotatable bonds is 6. The predicted octanol–water partition coefficient (Wildman–Crippen LogP) is -0.370. The number of aliphatic hydroxyl groups excluding tert-OH is 3. The summed E-state index contributed by atoms with van der Waals surface area (Å²) in [6.07, 6.45) is 2.65. The van der Waals surface area contributed by atoms with Crippen molar-refractivity contribution in [2.75, 3.05) is 25.4 Å². The topological polar surface area (TPSA) is 117 Å². The van der Waals surface area contributed by atoms with E-state index in [1.165, 1.54) is 0 Å². The van der Waals surface area contributed by atoms with Crippen molar-refractivity contribution < 1.29 is 15.3 Å². The highest BCUT2D eigenvalue weighted by Gasteiger charge is 2.58. The largest absolute Gasteiger partial charge is 0.378 e. The van der Waals surface area contributed by atoms with Gasteiger partial charge in [0.15, 0.2) is 6.35 Å². The Kier molecular flexibility index (Phi) is 7.03. The number of likely N-dealkylation sites (tertiary alicyclic amines) is 2. The first-order chi connectivity index (χ1) is 13.8. The minimum Gasteiger partial charge on any atom is -0.378 e. The number of nitrogens with one attached hydrogen (secondary N) is 2. The summed E-state index contributed by atoms with van der Waals surface area (Å²) in [4.78, 5) is 4.41. The fraction of sp³-hybridized carbons (Fsp3) is 1.00. The highest BCUT2D eigenvalue weighted by atomic mass is 35.5. The van der Waals surface area contributed by atoms with Crippen LogP contribution in [0.4, 0.5) is 0 Å². The predicted molar refractivity (Wildman–Crippen MR) is 115 cm³/mol. The normalized spacial score (nSPS) is 44.3. The van der Waals surface area contributed by atoms with Gasteiger partial charge in [-0.25, -0.2) is 0 Å². The van der Waals surface area contributed by atoms with Gasteiger partial charge in [0.25, 0.3) is 0 Å². The average molecular weight is 450 g/mol. The van der Waals surface area contributed by atoms with Crippen LogP contribution in [0.3, 0.4) is 0 Å². The zero-order valence-corrected chi connectivity index (χ0v) is 18.7. The van der Waals surface area contributed by atoms with Crippen LogP contribution in [0.25, 0.3) is 0 Å². The van der Waals surface area contributed by atoms with E-state index in [0.717, 1.165) is 51.7 Å². The molecule has 10 heteroatoms. The van der Waals surface area contributed by atoms with Crippen LogP contribution in [0.15, 0.2) is 0 Å². The van der Waals surface area contributed by atoms with Crippen molar-refractivity contribution in [1.29, 1.82) is 0 Å². The smallest absolute Gasteiger partial charge is 0.165 e. The maximum absolute atomic E-state index is 11.1. The molecule has 3 aliphatic heterocycles. The van der Waals surface area contributed by atoms with E-state index in [-0.39, 0.29) is 28.6 Å². The summed E-state index contributed by atoms with van der Waals surface area (Å²) in [5.41, 5.74) is 5.51. The van der Waals surface area contributed by atoms with Crippen LogP contribution in [0.1, 0.15) is 39.0 Å². The van der Waals surface area contributed by atoms with Gasteiger partial charge in [-0.3, -0.25) is 20.4 Å². The second kappa shape index (κ2) is 9.05. The summed E-state index contributed by atoms with van der Waals surface area (Å²) >= 11 is 8.19. The summed E-state index contributed by atoms with van der Waals surface area (Å²) in [5, 5.41) is 37.7. The van der Waals surface area contributed by atoms with E-state index in [0.29, 0.717) is 17.7 Å². The number of hydrogen-bond donors (Lipinski definition) is 6. The highest BCUT2D eigenvalue weighted by Crippen LogP contribution is 2.53. The highest BCUT2D eigenvalue weighted by molar-refractivity contribution is 8.00. The molecule has 8 nitrogen and oxygen atoms in total. The molecule has 0 aromatic rings. The molecule has 4 fully saturated rings. The minimum atomic E-state index is -0.903. The summed E-state index contributed by atoms with van der Waals surface area (Å²) in [6.45, 7) is 4.60. The zero-order chi connectivity index (χ0) is 20.8. The third-order valence-electron chi connectivity index (χ3n) is 7.50. The molecule has 0 amide bonds. The number of alkyl halides is 1. The maximum Gasteiger partial charge on any atom is 0.165 e. The fourth-order valence-electron chi connectivity index (χ4n) is 5.91. The van der Waals surface area contributed by atoms with Crippen molar-refractivity contribution in [3.8, 4) is 0 Å². The second-order valence-corrected chi connectivity index (χ2v) is 11.0. The third-order valence-corrected chi connectivity index (χ3v) is 9.05. The number of halogens is 1. The molecule has 4 rings (SSSR count). The summed E-state index contributed by atoms with van der Waals surface area (Å²) in [5.74, 6) is 1.14. The molecule has 0 bridgehead atoms. The van der Waals surface area contributed by atoms with E-state index < -0.39 is 12.6 Å². The minimum absolute atomic E-state index is 0.0727. The molecule has 7 N–H and O–H groups in total. The lowest BCUT2D eigenvalue weighted by molar-refractivity contribution is -0.0456. The Morgan fingerprint density at radius 2 is 2.10 bits per heavy atom. The lowest BCUT2D eigenvalue weighted by atomic mass is 9.69. The Labute approximate surface area is 182 Å². The van der Waals surface area contributed by atoms with Gasteiger partial charge in [0.05, 0.1) is 6.04 Å². The summed E-state index contributed by atoms with van der Waals surface area (Å²) in [7, 11) is 0. The Morgan fingerprint density at radius 3 is 2.79 bits per heavy atom. The third kappa shape index (κ3) is 4.46. The lowest BCUT2D eigenvalue weighted by Gasteiger charge is -2.39. The standard InChI is InChI=1S/C19H36ClN5O3S/c1-2-15(26)24-6-5-19(9-24)10-25(14-4-3-11(20)7-12(14)19)18(28)23-17-22-13(8-29-17)16(21)27/h11-18,22-23,26-28H,2-10,21H2,1H3/t11?,12?,13?,14?,15-,16?,17?,18?,19?/m0/s1. The van der Waals surface area contributed by atoms with Gasteiger partial charge in [-0.1, -0.05) is 6.92 Å². The molecule has 0 radical (unpaired) electrons. The first-order valence-corrected chi connectivity index (χ1v) is 12.4. The van der Waals surface area contributed by atoms with Crippen LogP contribution in [0.2, 0.25) is 0 Å². The molecule has 1 saturated carbocycles. The number of nitrogens with zero attached hydrogens (tertiary/aromatic N) is 2. The van der Waals surface area contributed by atoms with E-state index in [4.69, 9.17) is 17.3 Å². The summed E-state index contributed by atoms with van der Waals surface area (Å²) in [6, 6.07) is 0.126. The van der Waals surface area contributed by atoms with E-state index in [2.05, 4.69) is 20.4 Å². The van der Waals surface area contributed by atoms with Crippen molar-refractivity contribution in [2.24, 2.45) is 17.1 Å². The van der Waals surface area contributed by atoms with Gasteiger partial charge in [-0.05, 0) is 38.0 Å². The van der Waals surface area contributed by atoms with Gasteiger partial charge in [-0.2, -0.15) is 0 Å². The fourth-order valence-corrected chi connectivity index (χ4v) is 7.41. The van der Waals surface area contributed by atoms with Crippen molar-refractivity contribution in [3.63, 3.8) is 0 Å². The Bertz CT molecular complexity index is 578. The van der Waals surface area contributed by atoms with Crippen molar-refractivity contribution >= 4 is 23.4 Å². The quantitative estimate of drug-likeness (QED) is 0.238. The lowest BCUT2D eigenvalue weighted by Crippen LogP contribution is -2.56. The molecule has 9 atom stereocenters. The monoisotopic (exact) mass is 449 g/mol. The molecule has 0 aromatic carbocycles. The van der Waals surface area contributed by atoms with Gasteiger partial charge in [0.2, 0.25) is 0 Å². The van der Waals surface area contributed by atoms with Crippen molar-refractivity contribution in [1.82, 2.24) is 20.4 Å². The van der Waals surface area contributed by atoms with Crippen LogP contribution in [-0.2, 0) is 0 Å². The Morgan fingerprint density at radius 1 is 1.31 bits per heavy atom. The zero-order valence-electron chi connectivity index (χ0n) is 17.1. The molecular weight excluding hydrogens is 414 g/mol. The van der Waals surface area contributed by atoms with Crippen LogP contribution in [-0.4, -0.2) is 92.3 Å². The van der Waals surface area contributed by atoms with Crippen molar-refractivity contribution in [2.45, 2.75) is 80.8 Å². The average Bonchev–Trinajstić information content (AvgIpc) is 3.40. The molecule has 4 aliphatic rings. The van der Waals surface area contributed by atoms with E-state index >= 15 is 0 Å². The Balaban J connectivity index is 1.45. The maximum atomic E-state index is 11.1. The molecule has 3 heterocycles. The molecule has 1 aliphatic carbocycles. The van der Waals surface area contributed by atoms with Crippen LogP contribution < -0.4 is 16.4 Å². The van der Waals surface area contributed by atoms with Crippen molar-refractivity contribution in [3.05, 3.63) is 0 Å².